The molecule has 0 saturated heterocycles. The van der Waals surface area contributed by atoms with Gasteiger partial charge < -0.3 is 9.47 Å². The fraction of sp³-hybridized carbons (Fsp3) is 0.286. The molecule has 0 radical (unpaired) electrons. The molecule has 0 atom stereocenters. The third-order valence-corrected chi connectivity index (χ3v) is 1.96. The highest BCUT2D eigenvalue weighted by Crippen LogP contribution is 2.31. The highest BCUT2D eigenvalue weighted by atomic mass is 16.5. The van der Waals surface area contributed by atoms with Gasteiger partial charge >= 0.3 is 7.05 Å². The minimum atomic E-state index is 0.111. The van der Waals surface area contributed by atoms with E-state index in [-0.39, 0.29) is 7.05 Å². The molecule has 1 aliphatic heterocycles. The Hall–Kier alpha value is -1.19. The van der Waals surface area contributed by atoms with Gasteiger partial charge in [-0.1, -0.05) is 0 Å². The van der Waals surface area contributed by atoms with Gasteiger partial charge in [0.05, 0.1) is 5.69 Å². The Balaban J connectivity index is 2.47. The molecule has 0 saturated carbocycles. The van der Waals surface area contributed by atoms with E-state index in [0.717, 1.165) is 11.6 Å². The summed E-state index contributed by atoms with van der Waals surface area (Å²) in [7, 11) is 2.11. The maximum Gasteiger partial charge on any atom is 0.480 e. The molecule has 0 spiro atoms. The lowest BCUT2D eigenvalue weighted by atomic mass is 9.86. The Kier molecular flexibility index (Phi) is 1.28. The zero-order valence-corrected chi connectivity index (χ0v) is 6.61. The van der Waals surface area contributed by atoms with Crippen molar-refractivity contribution in [1.82, 2.24) is 4.98 Å². The highest BCUT2D eigenvalue weighted by Gasteiger charge is 2.29. The molecule has 1 aliphatic rings. The summed E-state index contributed by atoms with van der Waals surface area (Å²) in [5.41, 5.74) is 1.07. The molecular weight excluding hydrogens is 139 g/mol. The van der Waals surface area contributed by atoms with Crippen LogP contribution in [0.3, 0.4) is 0 Å². The third-order valence-electron chi connectivity index (χ3n) is 1.96. The molecular formula is C7H9BN2O. The zero-order chi connectivity index (χ0) is 7.84. The topological polar surface area (TPSA) is 25.4 Å². The van der Waals surface area contributed by atoms with Crippen LogP contribution in [0.2, 0.25) is 6.82 Å². The first-order chi connectivity index (χ1) is 5.29. The minimum Gasteiger partial charge on any atom is -0.526 e. The standard InChI is InChI=1S/C7H9BN2O/c1-8-10(2)6-4-3-5-9-7(6)11-8/h3-5H,1-2H3. The van der Waals surface area contributed by atoms with Crippen molar-refractivity contribution < 1.29 is 4.65 Å². The zero-order valence-electron chi connectivity index (χ0n) is 6.61. The maximum atomic E-state index is 5.43. The molecule has 0 fully saturated rings. The fourth-order valence-corrected chi connectivity index (χ4v) is 1.18. The van der Waals surface area contributed by atoms with Crippen LogP contribution in [-0.2, 0) is 0 Å². The summed E-state index contributed by atoms with van der Waals surface area (Å²) in [4.78, 5) is 6.15. The first-order valence-electron chi connectivity index (χ1n) is 3.63. The SMILES string of the molecule is CB1Oc2ncccc2N1C. The van der Waals surface area contributed by atoms with Crippen molar-refractivity contribution in [2.45, 2.75) is 6.82 Å². The predicted molar refractivity (Wildman–Crippen MR) is 44.9 cm³/mol. The van der Waals surface area contributed by atoms with E-state index >= 15 is 0 Å². The largest absolute Gasteiger partial charge is 0.526 e. The van der Waals surface area contributed by atoms with E-state index in [9.17, 15) is 0 Å². The van der Waals surface area contributed by atoms with Gasteiger partial charge in [0, 0.05) is 6.20 Å². The molecule has 0 N–H and O–H groups in total. The molecule has 4 heteroatoms. The van der Waals surface area contributed by atoms with Crippen molar-refractivity contribution in [2.75, 3.05) is 11.9 Å². The lowest BCUT2D eigenvalue weighted by Crippen LogP contribution is -2.32. The predicted octanol–water partition coefficient (Wildman–Crippen LogP) is 1.03. The Morgan fingerprint density at radius 1 is 1.64 bits per heavy atom. The molecule has 0 unspecified atom stereocenters. The summed E-state index contributed by atoms with van der Waals surface area (Å²) >= 11 is 0. The van der Waals surface area contributed by atoms with Gasteiger partial charge in [-0.3, -0.25) is 0 Å². The number of aromatic nitrogens is 1. The van der Waals surface area contributed by atoms with Crippen LogP contribution in [0.5, 0.6) is 5.88 Å². The van der Waals surface area contributed by atoms with E-state index in [2.05, 4.69) is 9.79 Å². The van der Waals surface area contributed by atoms with Crippen molar-refractivity contribution in [3.05, 3.63) is 18.3 Å². The van der Waals surface area contributed by atoms with E-state index in [1.54, 1.807) is 6.20 Å². The lowest BCUT2D eigenvalue weighted by Gasteiger charge is -2.10. The van der Waals surface area contributed by atoms with Gasteiger partial charge in [0.25, 0.3) is 0 Å². The summed E-state index contributed by atoms with van der Waals surface area (Å²) in [6, 6.07) is 3.92. The summed E-state index contributed by atoms with van der Waals surface area (Å²) in [5.74, 6) is 0.738. The van der Waals surface area contributed by atoms with Crippen molar-refractivity contribution >= 4 is 12.7 Å². The second kappa shape index (κ2) is 2.15. The molecule has 56 valence electrons. The highest BCUT2D eigenvalue weighted by molar-refractivity contribution is 6.57. The number of hydrogen-bond acceptors (Lipinski definition) is 3. The fourth-order valence-electron chi connectivity index (χ4n) is 1.18. The van der Waals surface area contributed by atoms with Gasteiger partial charge in [0.15, 0.2) is 0 Å². The Morgan fingerprint density at radius 3 is 3.18 bits per heavy atom. The van der Waals surface area contributed by atoms with Crippen LogP contribution in [-0.4, -0.2) is 19.1 Å². The molecule has 1 aromatic heterocycles. The van der Waals surface area contributed by atoms with Crippen molar-refractivity contribution in [2.24, 2.45) is 0 Å². The van der Waals surface area contributed by atoms with Crippen molar-refractivity contribution in [3.8, 4) is 5.88 Å². The summed E-state index contributed by atoms with van der Waals surface area (Å²) in [6.07, 6.45) is 1.74. The molecule has 0 aromatic carbocycles. The minimum absolute atomic E-state index is 0.111. The third kappa shape index (κ3) is 0.860. The van der Waals surface area contributed by atoms with E-state index in [1.807, 2.05) is 26.0 Å². The molecule has 11 heavy (non-hydrogen) atoms. The maximum absolute atomic E-state index is 5.43. The number of fused-ring (bicyclic) bond motifs is 1. The molecule has 0 bridgehead atoms. The van der Waals surface area contributed by atoms with Crippen molar-refractivity contribution in [3.63, 3.8) is 0 Å². The number of rotatable bonds is 0. The second-order valence-electron chi connectivity index (χ2n) is 2.66. The van der Waals surface area contributed by atoms with Gasteiger partial charge in [0.1, 0.15) is 0 Å². The molecule has 0 aliphatic carbocycles. The monoisotopic (exact) mass is 148 g/mol. The number of hydrogen-bond donors (Lipinski definition) is 0. The van der Waals surface area contributed by atoms with Gasteiger partial charge in [-0.25, -0.2) is 4.98 Å². The average Bonchev–Trinajstić information content (AvgIpc) is 2.30. The quantitative estimate of drug-likeness (QED) is 0.513. The first-order valence-corrected chi connectivity index (χ1v) is 3.63. The summed E-state index contributed by atoms with van der Waals surface area (Å²) in [6.45, 7) is 2.00. The number of anilines is 1. The van der Waals surface area contributed by atoms with Crippen LogP contribution < -0.4 is 9.47 Å². The molecule has 2 heterocycles. The van der Waals surface area contributed by atoms with Gasteiger partial charge in [-0.15, -0.1) is 0 Å². The normalized spacial score (nSPS) is 14.7. The van der Waals surface area contributed by atoms with Crippen LogP contribution in [0, 0.1) is 0 Å². The van der Waals surface area contributed by atoms with Gasteiger partial charge in [0.2, 0.25) is 5.88 Å². The second-order valence-corrected chi connectivity index (χ2v) is 2.66. The van der Waals surface area contributed by atoms with Crippen LogP contribution >= 0.6 is 0 Å². The number of nitrogens with zero attached hydrogens (tertiary/aromatic N) is 2. The Bertz CT molecular complexity index is 279. The van der Waals surface area contributed by atoms with Crippen LogP contribution in [0.15, 0.2) is 18.3 Å². The van der Waals surface area contributed by atoms with Gasteiger partial charge in [-0.05, 0) is 26.0 Å². The Labute approximate surface area is 66.1 Å². The van der Waals surface area contributed by atoms with Crippen LogP contribution in [0.4, 0.5) is 5.69 Å². The first kappa shape index (κ1) is 6.52. The molecule has 0 amide bonds. The lowest BCUT2D eigenvalue weighted by molar-refractivity contribution is 0.572. The van der Waals surface area contributed by atoms with E-state index in [0.29, 0.717) is 0 Å². The Morgan fingerprint density at radius 2 is 2.45 bits per heavy atom. The van der Waals surface area contributed by atoms with Crippen LogP contribution in [0.25, 0.3) is 0 Å². The molecule has 1 aromatic rings. The summed E-state index contributed by atoms with van der Waals surface area (Å²) in [5, 5.41) is 0. The van der Waals surface area contributed by atoms with Gasteiger partial charge in [-0.2, -0.15) is 0 Å². The molecule has 2 rings (SSSR count). The average molecular weight is 148 g/mol. The summed E-state index contributed by atoms with van der Waals surface area (Å²) < 4.78 is 5.43. The smallest absolute Gasteiger partial charge is 0.480 e. The van der Waals surface area contributed by atoms with Crippen molar-refractivity contribution in [1.29, 1.82) is 0 Å². The number of pyridine rings is 1. The van der Waals surface area contributed by atoms with E-state index in [4.69, 9.17) is 4.65 Å². The van der Waals surface area contributed by atoms with E-state index < -0.39 is 0 Å². The van der Waals surface area contributed by atoms with E-state index in [1.165, 1.54) is 0 Å². The van der Waals surface area contributed by atoms with Crippen LogP contribution in [0.1, 0.15) is 0 Å². The molecule has 3 nitrogen and oxygen atoms in total.